The molecule has 2 aromatic carbocycles. The van der Waals surface area contributed by atoms with Gasteiger partial charge in [0.2, 0.25) is 0 Å². The van der Waals surface area contributed by atoms with Gasteiger partial charge in [-0.2, -0.15) is 0 Å². The normalized spacial score (nSPS) is 14.0. The molecule has 20 heavy (non-hydrogen) atoms. The fourth-order valence-electron chi connectivity index (χ4n) is 2.09. The average molecular weight is 334 g/mol. The Morgan fingerprint density at radius 2 is 1.80 bits per heavy atom. The molecule has 2 atom stereocenters. The molecule has 0 fully saturated rings. The van der Waals surface area contributed by atoms with Crippen LogP contribution in [0.15, 0.2) is 53.0 Å². The first-order valence-corrected chi connectivity index (χ1v) is 7.59. The molecule has 0 amide bonds. The minimum Gasteiger partial charge on any atom is -0.387 e. The third-order valence-corrected chi connectivity index (χ3v) is 3.92. The van der Waals surface area contributed by atoms with Crippen molar-refractivity contribution >= 4 is 15.9 Å². The molecule has 0 aliphatic rings. The number of aryl methyl sites for hydroxylation is 1. The zero-order valence-electron chi connectivity index (χ0n) is 11.8. The van der Waals surface area contributed by atoms with Crippen molar-refractivity contribution in [3.05, 3.63) is 69.7 Å². The first kappa shape index (κ1) is 15.2. The Morgan fingerprint density at radius 3 is 2.45 bits per heavy atom. The fraction of sp³-hybridized carbons (Fsp3) is 0.294. The highest BCUT2D eigenvalue weighted by Gasteiger charge is 2.10. The van der Waals surface area contributed by atoms with Crippen molar-refractivity contribution in [1.82, 2.24) is 5.32 Å². The Labute approximate surface area is 129 Å². The average Bonchev–Trinajstić information content (AvgIpc) is 2.45. The molecule has 2 nitrogen and oxygen atoms in total. The quantitative estimate of drug-likeness (QED) is 0.861. The van der Waals surface area contributed by atoms with Gasteiger partial charge in [-0.15, -0.1) is 0 Å². The molecule has 0 saturated carbocycles. The van der Waals surface area contributed by atoms with E-state index in [2.05, 4.69) is 59.4 Å². The number of nitrogens with one attached hydrogen (secondary N) is 1. The summed E-state index contributed by atoms with van der Waals surface area (Å²) in [6, 6.07) is 16.5. The number of hydrogen-bond donors (Lipinski definition) is 2. The molecule has 0 heterocycles. The molecule has 0 spiro atoms. The van der Waals surface area contributed by atoms with Gasteiger partial charge in [0, 0.05) is 17.1 Å². The van der Waals surface area contributed by atoms with Crippen LogP contribution in [0.5, 0.6) is 0 Å². The molecule has 0 saturated heterocycles. The predicted octanol–water partition coefficient (Wildman–Crippen LogP) is 4.14. The maximum absolute atomic E-state index is 10.2. The first-order chi connectivity index (χ1) is 9.56. The van der Waals surface area contributed by atoms with Gasteiger partial charge in [0.25, 0.3) is 0 Å². The Hall–Kier alpha value is -1.16. The van der Waals surface area contributed by atoms with Crippen LogP contribution in [0.3, 0.4) is 0 Å². The van der Waals surface area contributed by atoms with Crippen molar-refractivity contribution in [2.24, 2.45) is 0 Å². The number of rotatable bonds is 5. The molecule has 2 aromatic rings. The van der Waals surface area contributed by atoms with Crippen LogP contribution in [0.4, 0.5) is 0 Å². The summed E-state index contributed by atoms with van der Waals surface area (Å²) in [7, 11) is 0. The van der Waals surface area contributed by atoms with E-state index in [-0.39, 0.29) is 6.04 Å². The Morgan fingerprint density at radius 1 is 1.10 bits per heavy atom. The number of hydrogen-bond acceptors (Lipinski definition) is 2. The lowest BCUT2D eigenvalue weighted by atomic mass is 10.1. The van der Waals surface area contributed by atoms with Crippen molar-refractivity contribution in [2.75, 3.05) is 6.54 Å². The number of aliphatic hydroxyl groups excluding tert-OH is 1. The molecular weight excluding hydrogens is 314 g/mol. The van der Waals surface area contributed by atoms with Crippen LogP contribution in [0.25, 0.3) is 0 Å². The van der Waals surface area contributed by atoms with Gasteiger partial charge in [-0.1, -0.05) is 57.9 Å². The summed E-state index contributed by atoms with van der Waals surface area (Å²) in [5.74, 6) is 0. The molecule has 0 radical (unpaired) electrons. The van der Waals surface area contributed by atoms with Gasteiger partial charge in [-0.05, 0) is 37.1 Å². The van der Waals surface area contributed by atoms with Crippen molar-refractivity contribution in [1.29, 1.82) is 0 Å². The maximum Gasteiger partial charge on any atom is 0.0914 e. The van der Waals surface area contributed by atoms with Crippen molar-refractivity contribution < 1.29 is 5.11 Å². The largest absolute Gasteiger partial charge is 0.387 e. The van der Waals surface area contributed by atoms with Crippen molar-refractivity contribution in [3.8, 4) is 0 Å². The van der Waals surface area contributed by atoms with Gasteiger partial charge in [0.15, 0.2) is 0 Å². The third kappa shape index (κ3) is 4.17. The molecule has 106 valence electrons. The first-order valence-electron chi connectivity index (χ1n) is 6.80. The highest BCUT2D eigenvalue weighted by Crippen LogP contribution is 2.19. The fourth-order valence-corrected chi connectivity index (χ4v) is 2.51. The molecule has 0 aliphatic carbocycles. The van der Waals surface area contributed by atoms with E-state index in [4.69, 9.17) is 0 Å². The van der Waals surface area contributed by atoms with E-state index in [0.717, 1.165) is 10.0 Å². The van der Waals surface area contributed by atoms with E-state index >= 15 is 0 Å². The second-order valence-corrected chi connectivity index (χ2v) is 6.03. The molecule has 2 rings (SSSR count). The van der Waals surface area contributed by atoms with Crippen LogP contribution >= 0.6 is 15.9 Å². The molecule has 0 aliphatic heterocycles. The van der Waals surface area contributed by atoms with Crippen molar-refractivity contribution in [2.45, 2.75) is 26.0 Å². The second kappa shape index (κ2) is 7.02. The summed E-state index contributed by atoms with van der Waals surface area (Å²) in [4.78, 5) is 0. The molecule has 3 heteroatoms. The van der Waals surface area contributed by atoms with Crippen LogP contribution in [0.1, 0.15) is 35.8 Å². The monoisotopic (exact) mass is 333 g/mol. The summed E-state index contributed by atoms with van der Waals surface area (Å²) in [5.41, 5.74) is 3.41. The summed E-state index contributed by atoms with van der Waals surface area (Å²) in [5, 5.41) is 13.6. The molecule has 0 bridgehead atoms. The minimum absolute atomic E-state index is 0.220. The van der Waals surface area contributed by atoms with E-state index in [0.29, 0.717) is 6.54 Å². The highest BCUT2D eigenvalue weighted by atomic mass is 79.9. The van der Waals surface area contributed by atoms with Crippen LogP contribution in [0, 0.1) is 6.92 Å². The molecule has 0 aromatic heterocycles. The number of aliphatic hydroxyl groups is 1. The predicted molar refractivity (Wildman–Crippen MR) is 86.7 cm³/mol. The highest BCUT2D eigenvalue weighted by molar-refractivity contribution is 9.10. The van der Waals surface area contributed by atoms with Gasteiger partial charge in [0.05, 0.1) is 6.10 Å². The Bertz CT molecular complexity index is 553. The molecule has 2 unspecified atom stereocenters. The van der Waals surface area contributed by atoms with Gasteiger partial charge in [-0.25, -0.2) is 0 Å². The standard InChI is InChI=1S/C17H20BrNO/c1-12-6-8-14(9-7-12)13(2)19-11-17(20)15-4-3-5-16(18)10-15/h3-10,13,17,19-20H,11H2,1-2H3. The van der Waals surface area contributed by atoms with Crippen molar-refractivity contribution in [3.63, 3.8) is 0 Å². The lowest BCUT2D eigenvalue weighted by Crippen LogP contribution is -2.24. The summed E-state index contributed by atoms with van der Waals surface area (Å²) in [6.07, 6.45) is -0.500. The lowest BCUT2D eigenvalue weighted by molar-refractivity contribution is 0.170. The van der Waals surface area contributed by atoms with Gasteiger partial charge >= 0.3 is 0 Å². The van der Waals surface area contributed by atoms with E-state index < -0.39 is 6.10 Å². The van der Waals surface area contributed by atoms with E-state index in [1.165, 1.54) is 11.1 Å². The van der Waals surface area contributed by atoms with Crippen LogP contribution in [-0.4, -0.2) is 11.7 Å². The van der Waals surface area contributed by atoms with E-state index in [1.54, 1.807) is 0 Å². The summed E-state index contributed by atoms with van der Waals surface area (Å²) in [6.45, 7) is 4.72. The SMILES string of the molecule is Cc1ccc(C(C)NCC(O)c2cccc(Br)c2)cc1. The third-order valence-electron chi connectivity index (χ3n) is 3.43. The van der Waals surface area contributed by atoms with E-state index in [9.17, 15) is 5.11 Å². The Balaban J connectivity index is 1.93. The van der Waals surface area contributed by atoms with Gasteiger partial charge < -0.3 is 10.4 Å². The maximum atomic E-state index is 10.2. The van der Waals surface area contributed by atoms with Gasteiger partial charge in [-0.3, -0.25) is 0 Å². The topological polar surface area (TPSA) is 32.3 Å². The van der Waals surface area contributed by atoms with Crippen LogP contribution in [0.2, 0.25) is 0 Å². The second-order valence-electron chi connectivity index (χ2n) is 5.11. The van der Waals surface area contributed by atoms with Crippen LogP contribution in [-0.2, 0) is 0 Å². The zero-order chi connectivity index (χ0) is 14.5. The Kier molecular flexibility index (Phi) is 5.35. The molecular formula is C17H20BrNO. The smallest absolute Gasteiger partial charge is 0.0914 e. The number of benzene rings is 2. The van der Waals surface area contributed by atoms with E-state index in [1.807, 2.05) is 24.3 Å². The minimum atomic E-state index is -0.500. The summed E-state index contributed by atoms with van der Waals surface area (Å²) >= 11 is 3.42. The molecule has 2 N–H and O–H groups in total. The van der Waals surface area contributed by atoms with Gasteiger partial charge in [0.1, 0.15) is 0 Å². The number of halogens is 1. The van der Waals surface area contributed by atoms with Crippen LogP contribution < -0.4 is 5.32 Å². The lowest BCUT2D eigenvalue weighted by Gasteiger charge is -2.18. The zero-order valence-corrected chi connectivity index (χ0v) is 13.4. The summed E-state index contributed by atoms with van der Waals surface area (Å²) < 4.78 is 0.987.